The number of carbonyl (C=O) groups is 3. The maximum absolute atomic E-state index is 13.7. The van der Waals surface area contributed by atoms with E-state index in [0.717, 1.165) is 0 Å². The van der Waals surface area contributed by atoms with Gasteiger partial charge in [-0.2, -0.15) is 0 Å². The van der Waals surface area contributed by atoms with Gasteiger partial charge in [0.2, 0.25) is 5.78 Å². The molecule has 6 N–H and O–H groups in total. The molecule has 0 aliphatic heterocycles. The van der Waals surface area contributed by atoms with Crippen LogP contribution in [-0.2, 0) is 22.6 Å². The van der Waals surface area contributed by atoms with Gasteiger partial charge in [0.25, 0.3) is 5.91 Å². The molecule has 0 spiro atoms. The number of benzene rings is 1. The van der Waals surface area contributed by atoms with E-state index in [0.29, 0.717) is 23.4 Å². The van der Waals surface area contributed by atoms with Crippen molar-refractivity contribution in [2.75, 3.05) is 35.3 Å². The van der Waals surface area contributed by atoms with Crippen LogP contribution in [0, 0.1) is 11.8 Å². The Morgan fingerprint density at radius 2 is 1.83 bits per heavy atom. The molecule has 11 heteroatoms. The van der Waals surface area contributed by atoms with Crippen molar-refractivity contribution in [3.05, 3.63) is 45.4 Å². The number of nitrogens with two attached hydrogens (primary N) is 1. The third-order valence-electron chi connectivity index (χ3n) is 7.44. The summed E-state index contributed by atoms with van der Waals surface area (Å²) in [4.78, 5) is 42.4. The maximum Gasteiger partial charge on any atom is 0.255 e. The average Bonchev–Trinajstić information content (AvgIpc) is 2.75. The van der Waals surface area contributed by atoms with Crippen LogP contribution in [0.3, 0.4) is 0 Å². The van der Waals surface area contributed by atoms with E-state index in [1.807, 2.05) is 19.0 Å². The molecule has 4 atom stereocenters. The fraction of sp³-hybridized carbons (Fsp3) is 0.480. The quantitative estimate of drug-likeness (QED) is 0.350. The molecule has 0 saturated heterocycles. The van der Waals surface area contributed by atoms with Gasteiger partial charge in [-0.05, 0) is 53.0 Å². The van der Waals surface area contributed by atoms with E-state index >= 15 is 0 Å². The van der Waals surface area contributed by atoms with Crippen molar-refractivity contribution in [3.63, 3.8) is 0 Å². The standard InChI is InChI=1S/C25H31N3O8/c1-27(2)9-11-8-14(29)16-12(21(11)36-5)6-10-7-13-18(28(3)4)20(31)17(24(26)34)23(33)25(13,35)22(32)15(10)19(16)30/h8,10,13,18,29,31-32,35H,6-7,9H2,1-5H3,(H2,26,34)/t10-,13-,18-,25-/m0/s1. The van der Waals surface area contributed by atoms with Crippen molar-refractivity contribution in [1.82, 2.24) is 9.80 Å². The number of rotatable bonds is 5. The molecular weight excluding hydrogens is 470 g/mol. The Hall–Kier alpha value is -3.41. The number of aliphatic hydroxyl groups is 3. The number of carbonyl (C=O) groups excluding carboxylic acids is 3. The number of phenolic OH excluding ortho intramolecular Hbond substituents is 1. The maximum atomic E-state index is 13.7. The second-order valence-corrected chi connectivity index (χ2v) is 10.1. The number of hydrogen-bond donors (Lipinski definition) is 5. The molecule has 0 fully saturated rings. The molecule has 1 aromatic rings. The van der Waals surface area contributed by atoms with Crippen LogP contribution >= 0.6 is 0 Å². The second kappa shape index (κ2) is 8.61. The van der Waals surface area contributed by atoms with Gasteiger partial charge in [0.05, 0.1) is 18.7 Å². The zero-order valence-electron chi connectivity index (χ0n) is 20.8. The highest BCUT2D eigenvalue weighted by Crippen LogP contribution is 2.53. The van der Waals surface area contributed by atoms with Crippen molar-refractivity contribution in [2.45, 2.75) is 31.0 Å². The monoisotopic (exact) mass is 501 g/mol. The number of phenols is 1. The van der Waals surface area contributed by atoms with Crippen molar-refractivity contribution >= 4 is 17.5 Å². The summed E-state index contributed by atoms with van der Waals surface area (Å²) in [5.74, 6) is -6.36. The van der Waals surface area contributed by atoms with Gasteiger partial charge in [0, 0.05) is 29.2 Å². The fourth-order valence-corrected chi connectivity index (χ4v) is 6.08. The van der Waals surface area contributed by atoms with Gasteiger partial charge >= 0.3 is 0 Å². The molecule has 4 rings (SSSR count). The van der Waals surface area contributed by atoms with Crippen LogP contribution in [0.25, 0.3) is 0 Å². The van der Waals surface area contributed by atoms with E-state index in [4.69, 9.17) is 10.5 Å². The van der Waals surface area contributed by atoms with Gasteiger partial charge in [-0.1, -0.05) is 0 Å². The van der Waals surface area contributed by atoms with Gasteiger partial charge in [0.15, 0.2) is 11.4 Å². The minimum atomic E-state index is -2.66. The number of likely N-dealkylation sites (N-methyl/N-ethyl adjacent to an activating group) is 1. The molecule has 194 valence electrons. The number of ketones is 2. The molecule has 3 aliphatic carbocycles. The number of ether oxygens (including phenoxy) is 1. The molecule has 0 bridgehead atoms. The molecule has 1 aromatic carbocycles. The van der Waals surface area contributed by atoms with E-state index in [1.54, 1.807) is 14.1 Å². The van der Waals surface area contributed by atoms with Crippen LogP contribution in [0.4, 0.5) is 0 Å². The van der Waals surface area contributed by atoms with Gasteiger partial charge in [-0.3, -0.25) is 19.3 Å². The summed E-state index contributed by atoms with van der Waals surface area (Å²) < 4.78 is 5.64. The number of nitrogens with zero attached hydrogens (tertiary/aromatic N) is 2. The summed E-state index contributed by atoms with van der Waals surface area (Å²) in [5, 5.41) is 44.5. The second-order valence-electron chi connectivity index (χ2n) is 10.1. The van der Waals surface area contributed by atoms with Crippen LogP contribution in [0.2, 0.25) is 0 Å². The molecule has 0 saturated carbocycles. The van der Waals surface area contributed by atoms with E-state index in [9.17, 15) is 34.8 Å². The van der Waals surface area contributed by atoms with Crippen LogP contribution in [0.15, 0.2) is 28.7 Å². The van der Waals surface area contributed by atoms with E-state index in [-0.39, 0.29) is 29.7 Å². The Bertz CT molecular complexity index is 1250. The molecule has 0 unspecified atom stereocenters. The summed E-state index contributed by atoms with van der Waals surface area (Å²) in [6, 6.07) is 0.388. The third kappa shape index (κ3) is 3.41. The smallest absolute Gasteiger partial charge is 0.255 e. The summed E-state index contributed by atoms with van der Waals surface area (Å²) in [6.45, 7) is 0.435. The number of Topliss-reactive ketones (excluding diaryl/α,β-unsaturated/α-hetero) is 2. The van der Waals surface area contributed by atoms with E-state index in [2.05, 4.69) is 0 Å². The van der Waals surface area contributed by atoms with Gasteiger partial charge < -0.3 is 35.8 Å². The molecule has 3 aliphatic rings. The Balaban J connectivity index is 1.95. The Morgan fingerprint density at radius 1 is 1.19 bits per heavy atom. The largest absolute Gasteiger partial charge is 0.510 e. The summed E-state index contributed by atoms with van der Waals surface area (Å²) in [5.41, 5.74) is 2.71. The highest BCUT2D eigenvalue weighted by atomic mass is 16.5. The average molecular weight is 502 g/mol. The molecular formula is C25H31N3O8. The van der Waals surface area contributed by atoms with Crippen molar-refractivity contribution in [3.8, 4) is 11.5 Å². The van der Waals surface area contributed by atoms with E-state index < -0.39 is 58.0 Å². The molecule has 1 amide bonds. The molecule has 0 aromatic heterocycles. The fourth-order valence-electron chi connectivity index (χ4n) is 6.08. The third-order valence-corrected chi connectivity index (χ3v) is 7.44. The Labute approximate surface area is 208 Å². The SMILES string of the molecule is COc1c(CN(C)C)cc(O)c2c1C[C@H]1C[C@H]3[C@H](N(C)C)C(O)=C(C(N)=O)C(=O)[C@@]3(O)C(O)=C1C2=O. The Kier molecular flexibility index (Phi) is 6.14. The first-order valence-corrected chi connectivity index (χ1v) is 11.5. The van der Waals surface area contributed by atoms with Crippen molar-refractivity contribution < 1.29 is 39.5 Å². The zero-order chi connectivity index (χ0) is 26.9. The molecule has 0 radical (unpaired) electrons. The lowest BCUT2D eigenvalue weighted by Gasteiger charge is -2.50. The predicted molar refractivity (Wildman–Crippen MR) is 128 cm³/mol. The van der Waals surface area contributed by atoms with Gasteiger partial charge in [0.1, 0.15) is 28.6 Å². The first-order valence-electron chi connectivity index (χ1n) is 11.5. The summed E-state index contributed by atoms with van der Waals surface area (Å²) in [7, 11) is 8.34. The van der Waals surface area contributed by atoms with E-state index in [1.165, 1.54) is 18.1 Å². The van der Waals surface area contributed by atoms with Crippen LogP contribution < -0.4 is 10.5 Å². The number of aromatic hydroxyl groups is 1. The lowest BCUT2D eigenvalue weighted by molar-refractivity contribution is -0.148. The van der Waals surface area contributed by atoms with Gasteiger partial charge in [-0.15, -0.1) is 0 Å². The van der Waals surface area contributed by atoms with Gasteiger partial charge in [-0.25, -0.2) is 0 Å². The first kappa shape index (κ1) is 25.7. The summed E-state index contributed by atoms with van der Waals surface area (Å²) >= 11 is 0. The first-order chi connectivity index (χ1) is 16.8. The Morgan fingerprint density at radius 3 is 2.36 bits per heavy atom. The number of primary amides is 1. The molecule has 11 nitrogen and oxygen atoms in total. The summed E-state index contributed by atoms with van der Waals surface area (Å²) in [6.07, 6.45) is 0.195. The highest BCUT2D eigenvalue weighted by molar-refractivity contribution is 6.24. The van der Waals surface area contributed by atoms with Crippen LogP contribution in [0.5, 0.6) is 11.5 Å². The minimum Gasteiger partial charge on any atom is -0.510 e. The highest BCUT2D eigenvalue weighted by Gasteiger charge is 2.63. The lowest BCUT2D eigenvalue weighted by atomic mass is 9.58. The topological polar surface area (TPSA) is 174 Å². The number of allylic oxidation sites excluding steroid dienone is 1. The molecule has 0 heterocycles. The van der Waals surface area contributed by atoms with Crippen molar-refractivity contribution in [2.24, 2.45) is 17.6 Å². The predicted octanol–water partition coefficient (Wildman–Crippen LogP) is 0.191. The van der Waals surface area contributed by atoms with Crippen LogP contribution in [-0.4, -0.2) is 94.6 Å². The number of aliphatic hydroxyl groups excluding tert-OH is 2. The number of methoxy groups -OCH3 is 1. The number of amides is 1. The normalized spacial score (nSPS) is 27.8. The van der Waals surface area contributed by atoms with Crippen LogP contribution in [0.1, 0.15) is 27.9 Å². The lowest BCUT2D eigenvalue weighted by Crippen LogP contribution is -2.63. The number of hydrogen-bond acceptors (Lipinski definition) is 10. The minimum absolute atomic E-state index is 0.0214. The van der Waals surface area contributed by atoms with Crippen molar-refractivity contribution in [1.29, 1.82) is 0 Å². The zero-order valence-corrected chi connectivity index (χ0v) is 20.8. The number of fused-ring (bicyclic) bond motifs is 3. The molecule has 36 heavy (non-hydrogen) atoms.